The van der Waals surface area contributed by atoms with Gasteiger partial charge in [0.25, 0.3) is 21.5 Å². The Morgan fingerprint density at radius 3 is 2.44 bits per heavy atom. The number of hydrogen-bond donors (Lipinski definition) is 2. The predicted octanol–water partition coefficient (Wildman–Crippen LogP) is 5.85. The number of anilines is 2. The summed E-state index contributed by atoms with van der Waals surface area (Å²) < 4.78 is 44.1. The van der Waals surface area contributed by atoms with E-state index in [0.717, 1.165) is 24.0 Å². The molecule has 5 aromatic rings. The molecule has 2 N–H and O–H groups in total. The number of amides is 1. The van der Waals surface area contributed by atoms with Crippen LogP contribution >= 0.6 is 0 Å². The van der Waals surface area contributed by atoms with Crippen LogP contribution in [0.25, 0.3) is 11.1 Å². The zero-order valence-corrected chi connectivity index (χ0v) is 30.3. The molecule has 0 aliphatic carbocycles. The Kier molecular flexibility index (Phi) is 11.0. The number of sulfonamides is 1. The molecule has 2 aromatic carbocycles. The van der Waals surface area contributed by atoms with Gasteiger partial charge in [-0.05, 0) is 63.8 Å². The third-order valence-electron chi connectivity index (χ3n) is 8.50. The molecule has 0 aliphatic heterocycles. The SMILES string of the molecule is CCCCc1nc(C)c(C(=O)Nc2cn(C)nc2C)c(=O)n1Cc1ccc(-c2ccccc2S(=O)(=O)Nc2noc(C)c2C)c(COCC)c1. The van der Waals surface area contributed by atoms with Crippen molar-refractivity contribution in [3.8, 4) is 11.1 Å². The Bertz CT molecular complexity index is 2200. The van der Waals surface area contributed by atoms with Crippen molar-refractivity contribution >= 4 is 27.4 Å². The average Bonchev–Trinajstić information content (AvgIpc) is 3.57. The van der Waals surface area contributed by atoms with Crippen LogP contribution in [0.1, 0.15) is 76.7 Å². The van der Waals surface area contributed by atoms with Crippen molar-refractivity contribution in [3.63, 3.8) is 0 Å². The first-order valence-electron chi connectivity index (χ1n) is 16.5. The highest BCUT2D eigenvalue weighted by Gasteiger charge is 2.25. The van der Waals surface area contributed by atoms with Crippen LogP contribution in [0.5, 0.6) is 0 Å². The number of unbranched alkanes of at least 4 members (excludes halogenated alkanes) is 1. The van der Waals surface area contributed by atoms with Gasteiger partial charge < -0.3 is 14.6 Å². The average molecular weight is 702 g/mol. The van der Waals surface area contributed by atoms with Gasteiger partial charge >= 0.3 is 0 Å². The van der Waals surface area contributed by atoms with Crippen molar-refractivity contribution < 1.29 is 22.5 Å². The van der Waals surface area contributed by atoms with Crippen LogP contribution in [0.4, 0.5) is 11.5 Å². The van der Waals surface area contributed by atoms with Crippen LogP contribution in [0, 0.1) is 27.7 Å². The summed E-state index contributed by atoms with van der Waals surface area (Å²) in [5.74, 6) is 0.672. The highest BCUT2D eigenvalue weighted by Crippen LogP contribution is 2.33. The third-order valence-corrected chi connectivity index (χ3v) is 9.90. The lowest BCUT2D eigenvalue weighted by atomic mass is 9.97. The molecule has 0 saturated carbocycles. The van der Waals surface area contributed by atoms with E-state index in [1.54, 1.807) is 68.4 Å². The number of carbonyl (C=O) groups is 1. The Labute approximate surface area is 291 Å². The largest absolute Gasteiger partial charge is 0.377 e. The van der Waals surface area contributed by atoms with E-state index in [0.29, 0.717) is 58.4 Å². The minimum atomic E-state index is -4.07. The Morgan fingerprint density at radius 2 is 1.78 bits per heavy atom. The van der Waals surface area contributed by atoms with Gasteiger partial charge in [-0.25, -0.2) is 13.4 Å². The number of nitrogens with one attached hydrogen (secondary N) is 2. The van der Waals surface area contributed by atoms with Gasteiger partial charge in [-0.2, -0.15) is 5.10 Å². The zero-order valence-electron chi connectivity index (χ0n) is 29.5. The predicted molar refractivity (Wildman–Crippen MR) is 191 cm³/mol. The first-order valence-corrected chi connectivity index (χ1v) is 18.0. The number of aryl methyl sites for hydroxylation is 5. The lowest BCUT2D eigenvalue weighted by molar-refractivity contribution is 0.102. The van der Waals surface area contributed by atoms with Crippen LogP contribution < -0.4 is 15.6 Å². The molecule has 0 radical (unpaired) electrons. The standard InChI is InChI=1S/C36H43N7O6S/c1-8-10-15-32-37-24(5)33(35(44)38-30-20-42(7)39-23(30)4)36(45)43(32)19-26-16-17-28(27(18-26)21-48-9-2)29-13-11-12-14-31(29)50(46,47)41-34-22(3)25(6)49-40-34/h11-14,16-18,20H,8-10,15,19,21H2,1-7H3,(H,38,44)(H,40,41). The van der Waals surface area contributed by atoms with Crippen molar-refractivity contribution in [2.24, 2.45) is 7.05 Å². The molecule has 3 heterocycles. The van der Waals surface area contributed by atoms with Crippen LogP contribution in [-0.4, -0.2) is 45.4 Å². The van der Waals surface area contributed by atoms with Gasteiger partial charge in [0.05, 0.1) is 35.1 Å². The number of rotatable bonds is 14. The minimum absolute atomic E-state index is 0.0381. The number of ether oxygens (including phenoxy) is 1. The summed E-state index contributed by atoms with van der Waals surface area (Å²) >= 11 is 0. The first kappa shape index (κ1) is 36.2. The summed E-state index contributed by atoms with van der Waals surface area (Å²) in [6.07, 6.45) is 3.95. The molecule has 14 heteroatoms. The molecular formula is C36H43N7O6S. The maximum Gasteiger partial charge on any atom is 0.266 e. The third kappa shape index (κ3) is 7.71. The van der Waals surface area contributed by atoms with E-state index in [4.69, 9.17) is 14.2 Å². The molecule has 0 aliphatic rings. The molecule has 5 rings (SSSR count). The first-order chi connectivity index (χ1) is 23.8. The maximum absolute atomic E-state index is 14.1. The van der Waals surface area contributed by atoms with E-state index in [9.17, 15) is 18.0 Å². The number of nitrogens with zero attached hydrogens (tertiary/aromatic N) is 5. The molecule has 1 amide bonds. The molecule has 0 atom stereocenters. The zero-order chi connectivity index (χ0) is 36.2. The summed E-state index contributed by atoms with van der Waals surface area (Å²) in [5.41, 5.74) is 4.22. The van der Waals surface area contributed by atoms with E-state index >= 15 is 0 Å². The van der Waals surface area contributed by atoms with E-state index in [1.807, 2.05) is 25.1 Å². The van der Waals surface area contributed by atoms with Gasteiger partial charge in [0.2, 0.25) is 0 Å². The Hall–Kier alpha value is -5.08. The number of aromatic nitrogens is 5. The molecule has 264 valence electrons. The van der Waals surface area contributed by atoms with Crippen molar-refractivity contribution in [1.29, 1.82) is 0 Å². The molecule has 0 unspecified atom stereocenters. The molecule has 0 saturated heterocycles. The quantitative estimate of drug-likeness (QED) is 0.145. The van der Waals surface area contributed by atoms with Gasteiger partial charge in [0.1, 0.15) is 17.1 Å². The molecular weight excluding hydrogens is 659 g/mol. The topological polar surface area (TPSA) is 163 Å². The van der Waals surface area contributed by atoms with Crippen LogP contribution in [-0.2, 0) is 41.4 Å². The molecule has 0 fully saturated rings. The summed E-state index contributed by atoms with van der Waals surface area (Å²) in [6, 6.07) is 12.3. The monoisotopic (exact) mass is 701 g/mol. The van der Waals surface area contributed by atoms with Gasteiger partial charge in [0, 0.05) is 37.4 Å². The van der Waals surface area contributed by atoms with E-state index in [-0.39, 0.29) is 29.4 Å². The highest BCUT2D eigenvalue weighted by atomic mass is 32.2. The van der Waals surface area contributed by atoms with Gasteiger partial charge in [-0.1, -0.05) is 54.9 Å². The van der Waals surface area contributed by atoms with E-state index in [2.05, 4.69) is 27.2 Å². The van der Waals surface area contributed by atoms with Crippen LogP contribution in [0.2, 0.25) is 0 Å². The number of hydrogen-bond acceptors (Lipinski definition) is 9. The summed E-state index contributed by atoms with van der Waals surface area (Å²) in [6.45, 7) is 11.6. The second kappa shape index (κ2) is 15.2. The van der Waals surface area contributed by atoms with Gasteiger partial charge in [-0.3, -0.25) is 23.6 Å². The summed E-state index contributed by atoms with van der Waals surface area (Å²) in [4.78, 5) is 32.4. The summed E-state index contributed by atoms with van der Waals surface area (Å²) in [7, 11) is -2.31. The van der Waals surface area contributed by atoms with Crippen molar-refractivity contribution in [2.75, 3.05) is 16.6 Å². The second-order valence-corrected chi connectivity index (χ2v) is 13.8. The fraction of sp³-hybridized carbons (Fsp3) is 0.361. The van der Waals surface area contributed by atoms with E-state index in [1.165, 1.54) is 6.07 Å². The second-order valence-electron chi connectivity index (χ2n) is 12.2. The molecule has 0 spiro atoms. The lowest BCUT2D eigenvalue weighted by Gasteiger charge is -2.18. The minimum Gasteiger partial charge on any atom is -0.377 e. The maximum atomic E-state index is 14.1. The Morgan fingerprint density at radius 1 is 1.02 bits per heavy atom. The number of benzene rings is 2. The molecule has 50 heavy (non-hydrogen) atoms. The molecule has 0 bridgehead atoms. The van der Waals surface area contributed by atoms with Crippen molar-refractivity contribution in [2.45, 2.75) is 78.9 Å². The van der Waals surface area contributed by atoms with Crippen LogP contribution in [0.3, 0.4) is 0 Å². The van der Waals surface area contributed by atoms with Crippen molar-refractivity contribution in [1.82, 2.24) is 24.5 Å². The fourth-order valence-electron chi connectivity index (χ4n) is 5.72. The number of carbonyl (C=O) groups excluding carboxylic acids is 1. The van der Waals surface area contributed by atoms with Gasteiger partial charge in [-0.15, -0.1) is 0 Å². The normalized spacial score (nSPS) is 11.6. The van der Waals surface area contributed by atoms with Crippen molar-refractivity contribution in [3.05, 3.63) is 104 Å². The molecule has 3 aromatic heterocycles. The fourth-order valence-corrected chi connectivity index (χ4v) is 7.00. The smallest absolute Gasteiger partial charge is 0.266 e. The lowest BCUT2D eigenvalue weighted by Crippen LogP contribution is -2.34. The van der Waals surface area contributed by atoms with E-state index < -0.39 is 21.5 Å². The van der Waals surface area contributed by atoms with Gasteiger partial charge in [0.15, 0.2) is 5.82 Å². The highest BCUT2D eigenvalue weighted by molar-refractivity contribution is 7.92. The Balaban J connectivity index is 1.56. The van der Waals surface area contributed by atoms with Crippen LogP contribution in [0.15, 0.2) is 62.9 Å². The summed E-state index contributed by atoms with van der Waals surface area (Å²) in [5, 5.41) is 11.0. The molecule has 13 nitrogen and oxygen atoms in total.